The highest BCUT2D eigenvalue weighted by molar-refractivity contribution is 5.13. The summed E-state index contributed by atoms with van der Waals surface area (Å²) in [6.07, 6.45) is 6.31. The first-order valence-electron chi connectivity index (χ1n) is 13.6. The van der Waals surface area contributed by atoms with Crippen molar-refractivity contribution in [2.75, 3.05) is 99.1 Å². The SMILES string of the molecule is CCCCCCCOCCOCCOCCOCCOCCOCCOCCOCc1ccccc1. The summed E-state index contributed by atoms with van der Waals surface area (Å²) in [7, 11) is 0. The van der Waals surface area contributed by atoms with Gasteiger partial charge in [0.15, 0.2) is 0 Å². The van der Waals surface area contributed by atoms with Crippen LogP contribution in [0.2, 0.25) is 0 Å². The number of ether oxygens (including phenoxy) is 8. The molecule has 0 saturated carbocycles. The molecule has 0 aliphatic heterocycles. The second-order valence-electron chi connectivity index (χ2n) is 8.24. The summed E-state index contributed by atoms with van der Waals surface area (Å²) in [5.41, 5.74) is 1.17. The number of unbranched alkanes of at least 4 members (excludes halogenated alkanes) is 4. The van der Waals surface area contributed by atoms with E-state index >= 15 is 0 Å². The van der Waals surface area contributed by atoms with Gasteiger partial charge in [0.2, 0.25) is 0 Å². The van der Waals surface area contributed by atoms with Gasteiger partial charge in [-0.2, -0.15) is 0 Å². The molecule has 1 aromatic rings. The number of hydrogen-bond donors (Lipinski definition) is 0. The van der Waals surface area contributed by atoms with Crippen LogP contribution in [-0.2, 0) is 44.5 Å². The van der Waals surface area contributed by atoms with Crippen molar-refractivity contribution in [3.05, 3.63) is 35.9 Å². The zero-order valence-electron chi connectivity index (χ0n) is 22.5. The molecular weight excluding hydrogens is 464 g/mol. The average Bonchev–Trinajstić information content (AvgIpc) is 2.91. The first-order chi connectivity index (χ1) is 17.9. The van der Waals surface area contributed by atoms with Crippen molar-refractivity contribution in [3.63, 3.8) is 0 Å². The molecule has 8 heteroatoms. The third kappa shape index (κ3) is 24.6. The lowest BCUT2D eigenvalue weighted by Gasteiger charge is -2.09. The van der Waals surface area contributed by atoms with E-state index in [9.17, 15) is 0 Å². The van der Waals surface area contributed by atoms with Gasteiger partial charge in [0, 0.05) is 6.61 Å². The molecule has 210 valence electrons. The quantitative estimate of drug-likeness (QED) is 0.147. The van der Waals surface area contributed by atoms with Crippen molar-refractivity contribution in [2.24, 2.45) is 0 Å². The fraction of sp³-hybridized carbons (Fsp3) is 0.786. The molecule has 0 aliphatic carbocycles. The summed E-state index contributed by atoms with van der Waals surface area (Å²) < 4.78 is 44.0. The second kappa shape index (κ2) is 28.5. The molecule has 1 aromatic carbocycles. The van der Waals surface area contributed by atoms with Crippen LogP contribution in [0.3, 0.4) is 0 Å². The molecule has 0 saturated heterocycles. The highest BCUT2D eigenvalue weighted by atomic mass is 16.6. The normalized spacial score (nSPS) is 11.4. The van der Waals surface area contributed by atoms with E-state index in [1.54, 1.807) is 0 Å². The summed E-state index contributed by atoms with van der Waals surface area (Å²) in [6.45, 7) is 11.6. The Labute approximate surface area is 218 Å². The molecular formula is C28H50O8. The molecule has 0 radical (unpaired) electrons. The molecule has 0 unspecified atom stereocenters. The molecule has 0 bridgehead atoms. The predicted molar refractivity (Wildman–Crippen MR) is 141 cm³/mol. The van der Waals surface area contributed by atoms with Gasteiger partial charge in [-0.1, -0.05) is 62.9 Å². The van der Waals surface area contributed by atoms with Crippen LogP contribution < -0.4 is 0 Å². The van der Waals surface area contributed by atoms with Gasteiger partial charge in [-0.05, 0) is 12.0 Å². The van der Waals surface area contributed by atoms with E-state index in [-0.39, 0.29) is 0 Å². The first-order valence-corrected chi connectivity index (χ1v) is 13.6. The summed E-state index contributed by atoms with van der Waals surface area (Å²) in [5.74, 6) is 0. The lowest BCUT2D eigenvalue weighted by atomic mass is 10.2. The maximum Gasteiger partial charge on any atom is 0.0718 e. The fourth-order valence-corrected chi connectivity index (χ4v) is 3.11. The monoisotopic (exact) mass is 514 g/mol. The Morgan fingerprint density at radius 2 is 0.750 bits per heavy atom. The Kier molecular flexibility index (Phi) is 26.0. The lowest BCUT2D eigenvalue weighted by molar-refractivity contribution is -0.0236. The smallest absolute Gasteiger partial charge is 0.0718 e. The van der Waals surface area contributed by atoms with E-state index in [4.69, 9.17) is 37.9 Å². The molecule has 8 nitrogen and oxygen atoms in total. The van der Waals surface area contributed by atoms with Crippen molar-refractivity contribution < 1.29 is 37.9 Å². The molecule has 0 heterocycles. The van der Waals surface area contributed by atoms with Crippen LogP contribution in [0.4, 0.5) is 0 Å². The van der Waals surface area contributed by atoms with Crippen LogP contribution in [0.25, 0.3) is 0 Å². The van der Waals surface area contributed by atoms with E-state index in [1.165, 1.54) is 31.2 Å². The summed E-state index contributed by atoms with van der Waals surface area (Å²) in [6, 6.07) is 10.1. The van der Waals surface area contributed by atoms with Gasteiger partial charge in [0.05, 0.1) is 99.1 Å². The minimum atomic E-state index is 0.542. The van der Waals surface area contributed by atoms with Crippen LogP contribution in [0.5, 0.6) is 0 Å². The summed E-state index contributed by atoms with van der Waals surface area (Å²) in [4.78, 5) is 0. The predicted octanol–water partition coefficient (Wildman–Crippen LogP) is 4.29. The molecule has 1 rings (SSSR count). The number of benzene rings is 1. The van der Waals surface area contributed by atoms with Crippen LogP contribution in [0.15, 0.2) is 30.3 Å². The van der Waals surface area contributed by atoms with Crippen LogP contribution in [0, 0.1) is 0 Å². The molecule has 0 amide bonds. The van der Waals surface area contributed by atoms with E-state index in [0.717, 1.165) is 13.0 Å². The third-order valence-corrected chi connectivity index (χ3v) is 5.11. The van der Waals surface area contributed by atoms with Crippen molar-refractivity contribution in [1.29, 1.82) is 0 Å². The maximum atomic E-state index is 5.56. The van der Waals surface area contributed by atoms with E-state index in [2.05, 4.69) is 6.92 Å². The number of rotatable bonds is 29. The van der Waals surface area contributed by atoms with Gasteiger partial charge in [0.1, 0.15) is 0 Å². The fourth-order valence-electron chi connectivity index (χ4n) is 3.11. The van der Waals surface area contributed by atoms with E-state index < -0.39 is 0 Å². The zero-order chi connectivity index (χ0) is 25.6. The Balaban J connectivity index is 1.63. The van der Waals surface area contributed by atoms with E-state index in [1.807, 2.05) is 30.3 Å². The van der Waals surface area contributed by atoms with Crippen molar-refractivity contribution in [3.8, 4) is 0 Å². The largest absolute Gasteiger partial charge is 0.379 e. The molecule has 0 spiro atoms. The van der Waals surface area contributed by atoms with Crippen molar-refractivity contribution in [2.45, 2.75) is 45.6 Å². The van der Waals surface area contributed by atoms with Gasteiger partial charge in [-0.15, -0.1) is 0 Å². The Morgan fingerprint density at radius 3 is 1.17 bits per heavy atom. The van der Waals surface area contributed by atoms with Crippen molar-refractivity contribution in [1.82, 2.24) is 0 Å². The van der Waals surface area contributed by atoms with E-state index in [0.29, 0.717) is 99.1 Å². The van der Waals surface area contributed by atoms with Gasteiger partial charge >= 0.3 is 0 Å². The summed E-state index contributed by atoms with van der Waals surface area (Å²) >= 11 is 0. The summed E-state index contributed by atoms with van der Waals surface area (Å²) in [5, 5.41) is 0. The molecule has 0 aliphatic rings. The van der Waals surface area contributed by atoms with Crippen LogP contribution in [0.1, 0.15) is 44.6 Å². The van der Waals surface area contributed by atoms with Gasteiger partial charge < -0.3 is 37.9 Å². The standard InChI is InChI=1S/C28H50O8/c1-2-3-4-5-9-12-29-13-14-30-15-16-31-17-18-32-19-20-33-21-22-34-23-24-35-25-26-36-27-28-10-7-6-8-11-28/h6-8,10-11H,2-5,9,12-27H2,1H3. The Bertz CT molecular complexity index is 532. The maximum absolute atomic E-state index is 5.56. The highest BCUT2D eigenvalue weighted by Crippen LogP contribution is 2.02. The van der Waals surface area contributed by atoms with Crippen LogP contribution >= 0.6 is 0 Å². The van der Waals surface area contributed by atoms with Gasteiger partial charge in [-0.3, -0.25) is 0 Å². The topological polar surface area (TPSA) is 73.8 Å². The molecule has 0 aromatic heterocycles. The van der Waals surface area contributed by atoms with Crippen molar-refractivity contribution >= 4 is 0 Å². The minimum Gasteiger partial charge on any atom is -0.379 e. The lowest BCUT2D eigenvalue weighted by Crippen LogP contribution is -2.15. The minimum absolute atomic E-state index is 0.542. The molecule has 0 atom stereocenters. The van der Waals surface area contributed by atoms with Gasteiger partial charge in [0.25, 0.3) is 0 Å². The molecule has 0 N–H and O–H groups in total. The highest BCUT2D eigenvalue weighted by Gasteiger charge is 1.96. The molecule has 36 heavy (non-hydrogen) atoms. The number of hydrogen-bond acceptors (Lipinski definition) is 8. The Hall–Kier alpha value is -1.10. The first kappa shape index (κ1) is 32.9. The second-order valence-corrected chi connectivity index (χ2v) is 8.24. The molecule has 0 fully saturated rings. The Morgan fingerprint density at radius 1 is 0.389 bits per heavy atom. The average molecular weight is 515 g/mol. The van der Waals surface area contributed by atoms with Crippen LogP contribution in [-0.4, -0.2) is 99.1 Å². The zero-order valence-corrected chi connectivity index (χ0v) is 22.5. The van der Waals surface area contributed by atoms with Gasteiger partial charge in [-0.25, -0.2) is 0 Å². The third-order valence-electron chi connectivity index (χ3n) is 5.11.